The Kier molecular flexibility index (Phi) is 6.60. The first-order valence-electron chi connectivity index (χ1n) is 10.3. The number of hydrogen-bond acceptors (Lipinski definition) is 5. The molecule has 3 aromatic rings. The van der Waals surface area contributed by atoms with Crippen molar-refractivity contribution in [3.05, 3.63) is 71.3 Å². The molecule has 0 aliphatic carbocycles. The number of likely N-dealkylation sites (tertiary alicyclic amines) is 1. The third-order valence-corrected chi connectivity index (χ3v) is 6.35. The molecule has 1 aromatic heterocycles. The molecule has 4 nitrogen and oxygen atoms in total. The Morgan fingerprint density at radius 1 is 1.17 bits per heavy atom. The molecular formula is C24H28N2O2S. The number of benzene rings is 2. The first-order valence-corrected chi connectivity index (χ1v) is 11.1. The van der Waals surface area contributed by atoms with Crippen LogP contribution in [0.2, 0.25) is 0 Å². The van der Waals surface area contributed by atoms with Crippen molar-refractivity contribution in [1.82, 2.24) is 9.88 Å². The average Bonchev–Trinajstić information content (AvgIpc) is 3.17. The summed E-state index contributed by atoms with van der Waals surface area (Å²) in [4.78, 5) is 7.27. The highest BCUT2D eigenvalue weighted by Gasteiger charge is 2.26. The summed E-state index contributed by atoms with van der Waals surface area (Å²) < 4.78 is 13.7. The summed E-state index contributed by atoms with van der Waals surface area (Å²) in [6.07, 6.45) is 6.18. The number of allylic oxidation sites excluding steroid dienone is 1. The molecule has 0 N–H and O–H groups in total. The molecule has 5 heteroatoms. The van der Waals surface area contributed by atoms with E-state index in [4.69, 9.17) is 14.5 Å². The van der Waals surface area contributed by atoms with Gasteiger partial charge in [0.1, 0.15) is 23.5 Å². The molecule has 1 atom stereocenters. The van der Waals surface area contributed by atoms with Crippen LogP contribution in [-0.4, -0.2) is 42.7 Å². The summed E-state index contributed by atoms with van der Waals surface area (Å²) in [7, 11) is 2.17. The molecule has 1 aliphatic heterocycles. The maximum absolute atomic E-state index is 6.67. The van der Waals surface area contributed by atoms with Crippen molar-refractivity contribution in [3.8, 4) is 5.75 Å². The van der Waals surface area contributed by atoms with E-state index in [1.807, 2.05) is 37.3 Å². The number of para-hydroxylation sites is 1. The normalized spacial score (nSPS) is 17.2. The van der Waals surface area contributed by atoms with Gasteiger partial charge in [0.2, 0.25) is 0 Å². The van der Waals surface area contributed by atoms with E-state index in [1.54, 1.807) is 11.3 Å². The number of piperidine rings is 1. The molecular weight excluding hydrogens is 380 g/mol. The standard InChI is InChI=1S/C24H28N2O2S/c1-3-4-16-27-20-9-7-8-18(17-20)23(28-19-12-14-26(2)15-13-19)24-25-21-10-5-6-11-22(21)29-24/h3-11,17,19,23H,12-16H2,1-2H3. The highest BCUT2D eigenvalue weighted by atomic mass is 32.1. The van der Waals surface area contributed by atoms with Crippen LogP contribution in [0.4, 0.5) is 0 Å². The van der Waals surface area contributed by atoms with E-state index in [2.05, 4.69) is 42.3 Å². The van der Waals surface area contributed by atoms with Crippen LogP contribution in [0.3, 0.4) is 0 Å². The smallest absolute Gasteiger partial charge is 0.135 e. The van der Waals surface area contributed by atoms with Crippen LogP contribution >= 0.6 is 11.3 Å². The van der Waals surface area contributed by atoms with E-state index in [0.29, 0.717) is 6.61 Å². The van der Waals surface area contributed by atoms with Gasteiger partial charge in [-0.3, -0.25) is 0 Å². The van der Waals surface area contributed by atoms with Gasteiger partial charge in [-0.15, -0.1) is 11.3 Å². The van der Waals surface area contributed by atoms with Crippen LogP contribution in [0.1, 0.15) is 36.4 Å². The van der Waals surface area contributed by atoms with Gasteiger partial charge in [-0.25, -0.2) is 4.98 Å². The molecule has 4 rings (SSSR count). The van der Waals surface area contributed by atoms with Crippen molar-refractivity contribution in [1.29, 1.82) is 0 Å². The molecule has 0 radical (unpaired) electrons. The Bertz CT molecular complexity index is 927. The Morgan fingerprint density at radius 2 is 2.00 bits per heavy atom. The van der Waals surface area contributed by atoms with E-state index < -0.39 is 0 Å². The summed E-state index contributed by atoms with van der Waals surface area (Å²) in [5.74, 6) is 0.860. The van der Waals surface area contributed by atoms with Gasteiger partial charge in [0, 0.05) is 13.1 Å². The zero-order valence-corrected chi connectivity index (χ0v) is 17.9. The van der Waals surface area contributed by atoms with Crippen molar-refractivity contribution < 1.29 is 9.47 Å². The minimum absolute atomic E-state index is 0.175. The molecule has 1 unspecified atom stereocenters. The van der Waals surface area contributed by atoms with Gasteiger partial charge in [0.15, 0.2) is 0 Å². The molecule has 0 saturated carbocycles. The van der Waals surface area contributed by atoms with Crippen molar-refractivity contribution >= 4 is 21.6 Å². The zero-order chi connectivity index (χ0) is 20.1. The van der Waals surface area contributed by atoms with Gasteiger partial charge < -0.3 is 14.4 Å². The summed E-state index contributed by atoms with van der Waals surface area (Å²) in [5, 5.41) is 1.01. The van der Waals surface area contributed by atoms with Crippen LogP contribution in [0.5, 0.6) is 5.75 Å². The lowest BCUT2D eigenvalue weighted by Gasteiger charge is -2.31. The third kappa shape index (κ3) is 5.04. The first-order chi connectivity index (χ1) is 14.2. The fourth-order valence-electron chi connectivity index (χ4n) is 3.60. The summed E-state index contributed by atoms with van der Waals surface area (Å²) in [5.41, 5.74) is 2.13. The largest absolute Gasteiger partial charge is 0.490 e. The second-order valence-electron chi connectivity index (χ2n) is 7.49. The van der Waals surface area contributed by atoms with E-state index in [-0.39, 0.29) is 12.2 Å². The quantitative estimate of drug-likeness (QED) is 0.487. The van der Waals surface area contributed by atoms with Gasteiger partial charge in [-0.1, -0.05) is 36.4 Å². The van der Waals surface area contributed by atoms with E-state index in [1.165, 1.54) is 4.70 Å². The minimum Gasteiger partial charge on any atom is -0.490 e. The van der Waals surface area contributed by atoms with Crippen molar-refractivity contribution in [3.63, 3.8) is 0 Å². The van der Waals surface area contributed by atoms with Gasteiger partial charge in [0.05, 0.1) is 16.3 Å². The number of rotatable bonds is 7. The molecule has 152 valence electrons. The average molecular weight is 409 g/mol. The van der Waals surface area contributed by atoms with Crippen LogP contribution < -0.4 is 4.74 Å². The van der Waals surface area contributed by atoms with Crippen LogP contribution in [-0.2, 0) is 4.74 Å². The van der Waals surface area contributed by atoms with Crippen molar-refractivity contribution in [2.45, 2.75) is 32.0 Å². The zero-order valence-electron chi connectivity index (χ0n) is 17.1. The minimum atomic E-state index is -0.175. The monoisotopic (exact) mass is 408 g/mol. The fourth-order valence-corrected chi connectivity index (χ4v) is 4.64. The Labute approximate surface area is 176 Å². The van der Waals surface area contributed by atoms with Gasteiger partial charge >= 0.3 is 0 Å². The lowest BCUT2D eigenvalue weighted by molar-refractivity contribution is -0.0235. The predicted molar refractivity (Wildman–Crippen MR) is 120 cm³/mol. The number of aromatic nitrogens is 1. The Morgan fingerprint density at radius 3 is 2.79 bits per heavy atom. The molecule has 1 saturated heterocycles. The van der Waals surface area contributed by atoms with Crippen molar-refractivity contribution in [2.24, 2.45) is 0 Å². The highest BCUT2D eigenvalue weighted by Crippen LogP contribution is 2.36. The maximum atomic E-state index is 6.67. The highest BCUT2D eigenvalue weighted by molar-refractivity contribution is 7.18. The summed E-state index contributed by atoms with van der Waals surface area (Å²) in [6.45, 7) is 4.72. The van der Waals surface area contributed by atoms with Gasteiger partial charge in [0.25, 0.3) is 0 Å². The van der Waals surface area contributed by atoms with Gasteiger partial charge in [-0.2, -0.15) is 0 Å². The number of nitrogens with zero attached hydrogens (tertiary/aromatic N) is 2. The maximum Gasteiger partial charge on any atom is 0.135 e. The number of fused-ring (bicyclic) bond motifs is 1. The number of ether oxygens (including phenoxy) is 2. The van der Waals surface area contributed by atoms with E-state index in [0.717, 1.165) is 47.8 Å². The van der Waals surface area contributed by atoms with E-state index in [9.17, 15) is 0 Å². The lowest BCUT2D eigenvalue weighted by Crippen LogP contribution is -2.35. The Balaban J connectivity index is 1.63. The number of thiazole rings is 1. The van der Waals surface area contributed by atoms with Crippen LogP contribution in [0.25, 0.3) is 10.2 Å². The third-order valence-electron chi connectivity index (χ3n) is 5.27. The molecule has 1 fully saturated rings. The Hall–Kier alpha value is -2.21. The first kappa shape index (κ1) is 20.1. The lowest BCUT2D eigenvalue weighted by atomic mass is 10.1. The molecule has 2 heterocycles. The second-order valence-corrected chi connectivity index (χ2v) is 8.55. The summed E-state index contributed by atoms with van der Waals surface area (Å²) >= 11 is 1.72. The SMILES string of the molecule is CC=CCOc1cccc(C(OC2CCN(C)CC2)c2nc3ccccc3s2)c1. The molecule has 2 aromatic carbocycles. The topological polar surface area (TPSA) is 34.6 Å². The molecule has 0 spiro atoms. The molecule has 0 bridgehead atoms. The van der Waals surface area contributed by atoms with Crippen molar-refractivity contribution in [2.75, 3.05) is 26.7 Å². The molecule has 0 amide bonds. The molecule has 1 aliphatic rings. The van der Waals surface area contributed by atoms with Crippen LogP contribution in [0.15, 0.2) is 60.7 Å². The predicted octanol–water partition coefficient (Wildman–Crippen LogP) is 5.45. The number of hydrogen-bond donors (Lipinski definition) is 0. The summed E-state index contributed by atoms with van der Waals surface area (Å²) in [6, 6.07) is 16.5. The van der Waals surface area contributed by atoms with Crippen LogP contribution in [0, 0.1) is 0 Å². The van der Waals surface area contributed by atoms with Gasteiger partial charge in [-0.05, 0) is 56.6 Å². The fraction of sp³-hybridized carbons (Fsp3) is 0.375. The van der Waals surface area contributed by atoms with E-state index >= 15 is 0 Å². The second kappa shape index (κ2) is 9.53. The molecule has 29 heavy (non-hydrogen) atoms.